The lowest BCUT2D eigenvalue weighted by molar-refractivity contribution is -0.401. The molecule has 28 heavy (non-hydrogen) atoms. The zero-order chi connectivity index (χ0) is 20.5. The number of hydrogen-bond donors (Lipinski definition) is 0. The molecule has 0 bridgehead atoms. The number of fused-ring (bicyclic) bond motifs is 1. The van der Waals surface area contributed by atoms with Gasteiger partial charge < -0.3 is 4.90 Å². The van der Waals surface area contributed by atoms with Crippen LogP contribution >= 0.6 is 15.9 Å². The minimum Gasteiger partial charge on any atom is -0.372 e. The minimum absolute atomic E-state index is 0.0952. The van der Waals surface area contributed by atoms with Crippen molar-refractivity contribution in [2.45, 2.75) is 39.5 Å². The molecular formula is C24H29BrFN2+. The number of hydrogen-bond acceptors (Lipinski definition) is 1. The van der Waals surface area contributed by atoms with Gasteiger partial charge in [-0.05, 0) is 63.6 Å². The molecule has 0 aromatic heterocycles. The average molecular weight is 444 g/mol. The molecule has 3 rings (SSSR count). The quantitative estimate of drug-likeness (QED) is 0.459. The van der Waals surface area contributed by atoms with Crippen molar-refractivity contribution < 1.29 is 8.97 Å². The van der Waals surface area contributed by atoms with Crippen molar-refractivity contribution in [2.75, 3.05) is 25.0 Å². The van der Waals surface area contributed by atoms with E-state index in [1.165, 1.54) is 17.0 Å². The Balaban J connectivity index is 1.97. The van der Waals surface area contributed by atoms with Crippen LogP contribution in [-0.2, 0) is 5.41 Å². The lowest BCUT2D eigenvalue weighted by atomic mass is 9.77. The molecule has 0 saturated heterocycles. The summed E-state index contributed by atoms with van der Waals surface area (Å²) < 4.78 is 18.0. The smallest absolute Gasteiger partial charge is 0.209 e. The fourth-order valence-corrected chi connectivity index (χ4v) is 4.51. The predicted octanol–water partition coefficient (Wildman–Crippen LogP) is 6.54. The lowest BCUT2D eigenvalue weighted by Gasteiger charge is -2.21. The van der Waals surface area contributed by atoms with Crippen molar-refractivity contribution in [1.29, 1.82) is 0 Å². The first-order valence-electron chi connectivity index (χ1n) is 9.99. The van der Waals surface area contributed by atoms with Crippen molar-refractivity contribution in [1.82, 2.24) is 0 Å². The number of anilines is 1. The third-order valence-corrected chi connectivity index (χ3v) is 6.57. The first-order chi connectivity index (χ1) is 13.3. The topological polar surface area (TPSA) is 6.25 Å². The van der Waals surface area contributed by atoms with Gasteiger partial charge in [-0.25, -0.2) is 4.39 Å². The second-order valence-corrected chi connectivity index (χ2v) is 8.42. The van der Waals surface area contributed by atoms with Crippen LogP contribution in [0.2, 0.25) is 0 Å². The van der Waals surface area contributed by atoms with Crippen LogP contribution in [0, 0.1) is 5.82 Å². The average Bonchev–Trinajstić information content (AvgIpc) is 2.89. The zero-order valence-electron chi connectivity index (χ0n) is 17.4. The SMILES string of the molecule is CCN(CC)c1ccc(/C=C/C2=[N+](C)c3ccc(Br)cc3C2(C)CC)c(F)c1. The number of nitrogens with zero attached hydrogens (tertiary/aromatic N) is 2. The molecule has 1 aliphatic heterocycles. The predicted molar refractivity (Wildman–Crippen MR) is 122 cm³/mol. The summed E-state index contributed by atoms with van der Waals surface area (Å²) in [6.45, 7) is 10.4. The van der Waals surface area contributed by atoms with Gasteiger partial charge in [0, 0.05) is 46.5 Å². The molecule has 148 valence electrons. The van der Waals surface area contributed by atoms with Crippen LogP contribution < -0.4 is 4.90 Å². The highest BCUT2D eigenvalue weighted by Gasteiger charge is 2.45. The molecule has 2 aromatic rings. The molecular weight excluding hydrogens is 415 g/mol. The Morgan fingerprint density at radius 1 is 1.07 bits per heavy atom. The molecule has 0 saturated carbocycles. The van der Waals surface area contributed by atoms with Gasteiger partial charge in [0.25, 0.3) is 0 Å². The zero-order valence-corrected chi connectivity index (χ0v) is 19.0. The highest BCUT2D eigenvalue weighted by molar-refractivity contribution is 9.10. The Kier molecular flexibility index (Phi) is 6.09. The minimum atomic E-state index is -0.180. The molecule has 0 spiro atoms. The monoisotopic (exact) mass is 443 g/mol. The standard InChI is InChI=1S/C24H29BrFN2/c1-6-24(4)20-15-18(25)11-13-22(20)27(5)23(24)14-10-17-9-12-19(16-21(17)26)28(7-2)8-3/h9-16H,6-8H2,1-5H3/q+1. The summed E-state index contributed by atoms with van der Waals surface area (Å²) in [6, 6.07) is 11.9. The molecule has 0 fully saturated rings. The van der Waals surface area contributed by atoms with Gasteiger partial charge >= 0.3 is 0 Å². The molecule has 0 N–H and O–H groups in total. The Bertz CT molecular complexity index is 944. The summed E-state index contributed by atoms with van der Waals surface area (Å²) in [5.41, 5.74) is 5.17. The van der Waals surface area contributed by atoms with Gasteiger partial charge in [-0.3, -0.25) is 0 Å². The molecule has 4 heteroatoms. The lowest BCUT2D eigenvalue weighted by Crippen LogP contribution is -2.29. The third kappa shape index (κ3) is 3.55. The van der Waals surface area contributed by atoms with E-state index >= 15 is 0 Å². The van der Waals surface area contributed by atoms with Crippen LogP contribution in [0.1, 0.15) is 45.2 Å². The van der Waals surface area contributed by atoms with Gasteiger partial charge in [-0.15, -0.1) is 0 Å². The highest BCUT2D eigenvalue weighted by Crippen LogP contribution is 2.43. The summed E-state index contributed by atoms with van der Waals surface area (Å²) >= 11 is 3.60. The molecule has 2 nitrogen and oxygen atoms in total. The van der Waals surface area contributed by atoms with Gasteiger partial charge in [-0.2, -0.15) is 4.58 Å². The van der Waals surface area contributed by atoms with Gasteiger partial charge in [0.1, 0.15) is 12.9 Å². The van der Waals surface area contributed by atoms with Crippen LogP contribution in [-0.4, -0.2) is 30.4 Å². The molecule has 2 aromatic carbocycles. The van der Waals surface area contributed by atoms with Crippen molar-refractivity contribution in [3.05, 3.63) is 63.9 Å². The Morgan fingerprint density at radius 3 is 2.39 bits per heavy atom. The second kappa shape index (κ2) is 8.20. The Hall–Kier alpha value is -1.94. The van der Waals surface area contributed by atoms with Crippen LogP contribution in [0.25, 0.3) is 6.08 Å². The maximum absolute atomic E-state index is 14.7. The van der Waals surface area contributed by atoms with E-state index in [9.17, 15) is 4.39 Å². The molecule has 0 radical (unpaired) electrons. The summed E-state index contributed by atoms with van der Waals surface area (Å²) in [5.74, 6) is -0.180. The number of benzene rings is 2. The van der Waals surface area contributed by atoms with Crippen molar-refractivity contribution in [3.8, 4) is 0 Å². The fourth-order valence-electron chi connectivity index (χ4n) is 4.15. The van der Waals surface area contributed by atoms with Gasteiger partial charge in [0.2, 0.25) is 5.69 Å². The molecule has 1 unspecified atom stereocenters. The molecule has 1 heterocycles. The van der Waals surface area contributed by atoms with E-state index in [-0.39, 0.29) is 11.2 Å². The first-order valence-corrected chi connectivity index (χ1v) is 10.8. The van der Waals surface area contributed by atoms with E-state index in [0.717, 1.165) is 29.7 Å². The largest absolute Gasteiger partial charge is 0.372 e. The molecule has 1 aliphatic rings. The van der Waals surface area contributed by atoms with E-state index in [0.29, 0.717) is 5.56 Å². The van der Waals surface area contributed by atoms with E-state index in [4.69, 9.17) is 0 Å². The fraction of sp³-hybridized carbons (Fsp3) is 0.375. The number of rotatable bonds is 6. The molecule has 0 aliphatic carbocycles. The maximum atomic E-state index is 14.7. The number of halogens is 2. The van der Waals surface area contributed by atoms with Crippen LogP contribution in [0.15, 0.2) is 46.9 Å². The van der Waals surface area contributed by atoms with Crippen molar-refractivity contribution >= 4 is 39.1 Å². The van der Waals surface area contributed by atoms with Gasteiger partial charge in [-0.1, -0.05) is 22.9 Å². The third-order valence-electron chi connectivity index (χ3n) is 6.08. The highest BCUT2D eigenvalue weighted by atomic mass is 79.9. The van der Waals surface area contributed by atoms with E-state index in [1.807, 2.05) is 18.2 Å². The van der Waals surface area contributed by atoms with Crippen LogP contribution in [0.4, 0.5) is 15.8 Å². The maximum Gasteiger partial charge on any atom is 0.209 e. The van der Waals surface area contributed by atoms with Gasteiger partial charge in [0.15, 0.2) is 5.71 Å². The van der Waals surface area contributed by atoms with E-state index in [1.54, 1.807) is 6.07 Å². The van der Waals surface area contributed by atoms with Crippen LogP contribution in [0.5, 0.6) is 0 Å². The summed E-state index contributed by atoms with van der Waals surface area (Å²) in [5, 5.41) is 0. The van der Waals surface area contributed by atoms with Crippen molar-refractivity contribution in [2.24, 2.45) is 0 Å². The summed E-state index contributed by atoms with van der Waals surface area (Å²) in [4.78, 5) is 2.15. The molecule has 0 amide bonds. The molecule has 1 atom stereocenters. The first kappa shape index (κ1) is 20.8. The Morgan fingerprint density at radius 2 is 1.79 bits per heavy atom. The van der Waals surface area contributed by atoms with E-state index < -0.39 is 0 Å². The summed E-state index contributed by atoms with van der Waals surface area (Å²) in [7, 11) is 2.09. The Labute approximate surface area is 176 Å². The van der Waals surface area contributed by atoms with Gasteiger partial charge in [0.05, 0.1) is 5.41 Å². The summed E-state index contributed by atoms with van der Waals surface area (Å²) in [6.07, 6.45) is 4.96. The van der Waals surface area contributed by atoms with Crippen molar-refractivity contribution in [3.63, 3.8) is 0 Å². The number of allylic oxidation sites excluding steroid dienone is 1. The normalized spacial score (nSPS) is 18.8. The van der Waals surface area contributed by atoms with E-state index in [2.05, 4.69) is 84.4 Å². The second-order valence-electron chi connectivity index (χ2n) is 7.50. The van der Waals surface area contributed by atoms with Crippen LogP contribution in [0.3, 0.4) is 0 Å².